The minimum Gasteiger partial charge on any atom is -0.497 e. The molecular formula is C23H18N2O4. The number of furan rings is 1. The van der Waals surface area contributed by atoms with Crippen molar-refractivity contribution in [3.8, 4) is 22.9 Å². The highest BCUT2D eigenvalue weighted by molar-refractivity contribution is 6.07. The molecule has 29 heavy (non-hydrogen) atoms. The molecule has 4 aromatic rings. The largest absolute Gasteiger partial charge is 0.497 e. The number of allylic oxidation sites excluding steroid dienone is 1. The van der Waals surface area contributed by atoms with Crippen molar-refractivity contribution in [1.29, 1.82) is 0 Å². The highest BCUT2D eigenvalue weighted by Crippen LogP contribution is 2.18. The van der Waals surface area contributed by atoms with E-state index in [1.165, 1.54) is 10.6 Å². The minimum absolute atomic E-state index is 0.155. The zero-order valence-electron chi connectivity index (χ0n) is 15.7. The number of rotatable bonds is 6. The van der Waals surface area contributed by atoms with Crippen LogP contribution in [0.3, 0.4) is 0 Å². The van der Waals surface area contributed by atoms with E-state index < -0.39 is 0 Å². The molecule has 2 heterocycles. The van der Waals surface area contributed by atoms with Crippen molar-refractivity contribution in [1.82, 2.24) is 9.55 Å². The maximum atomic E-state index is 12.6. The van der Waals surface area contributed by atoms with Crippen molar-refractivity contribution >= 4 is 11.9 Å². The lowest BCUT2D eigenvalue weighted by Gasteiger charge is -2.03. The molecule has 0 aliphatic heterocycles. The molecule has 0 amide bonds. The second-order valence-corrected chi connectivity index (χ2v) is 6.34. The predicted molar refractivity (Wildman–Crippen MR) is 110 cm³/mol. The van der Waals surface area contributed by atoms with Gasteiger partial charge in [-0.3, -0.25) is 9.36 Å². The molecule has 0 unspecified atom stereocenters. The van der Waals surface area contributed by atoms with Gasteiger partial charge >= 0.3 is 5.69 Å². The number of H-pyrrole nitrogens is 1. The molecule has 6 heteroatoms. The Morgan fingerprint density at radius 1 is 1.10 bits per heavy atom. The first kappa shape index (κ1) is 18.3. The quantitative estimate of drug-likeness (QED) is 0.395. The summed E-state index contributed by atoms with van der Waals surface area (Å²) in [5, 5.41) is 0. The van der Waals surface area contributed by atoms with Gasteiger partial charge in [0.05, 0.1) is 19.1 Å². The third-order valence-electron chi connectivity index (χ3n) is 4.46. The first-order valence-electron chi connectivity index (χ1n) is 8.96. The van der Waals surface area contributed by atoms with Gasteiger partial charge in [0.25, 0.3) is 0 Å². The number of hydrogen-bond acceptors (Lipinski definition) is 4. The molecule has 2 aromatic heterocycles. The number of ketones is 1. The molecule has 0 atom stereocenters. The fourth-order valence-electron chi connectivity index (χ4n) is 2.94. The standard InChI is InChI=1S/C23H18N2O4/c1-28-19-10-7-16(8-11-19)9-12-21(26)17-4-2-5-18(14-17)25-15-20(24-23(25)27)22-6-3-13-29-22/h2-15H,1H3,(H,24,27)/b12-9+. The number of aromatic nitrogens is 2. The molecule has 4 rings (SSSR count). The lowest BCUT2D eigenvalue weighted by atomic mass is 10.1. The van der Waals surface area contributed by atoms with Crippen LogP contribution < -0.4 is 10.4 Å². The minimum atomic E-state index is -0.310. The summed E-state index contributed by atoms with van der Waals surface area (Å²) >= 11 is 0. The maximum absolute atomic E-state index is 12.6. The zero-order valence-corrected chi connectivity index (χ0v) is 15.7. The second kappa shape index (κ2) is 7.90. The summed E-state index contributed by atoms with van der Waals surface area (Å²) < 4.78 is 11.9. The highest BCUT2D eigenvalue weighted by Gasteiger charge is 2.10. The van der Waals surface area contributed by atoms with E-state index in [0.29, 0.717) is 22.7 Å². The number of hydrogen-bond donors (Lipinski definition) is 1. The van der Waals surface area contributed by atoms with Crippen LogP contribution in [0.1, 0.15) is 15.9 Å². The topological polar surface area (TPSA) is 77.2 Å². The number of carbonyl (C=O) groups is 1. The smallest absolute Gasteiger partial charge is 0.330 e. The third kappa shape index (κ3) is 3.96. The second-order valence-electron chi connectivity index (χ2n) is 6.34. The highest BCUT2D eigenvalue weighted by atomic mass is 16.5. The fraction of sp³-hybridized carbons (Fsp3) is 0.0435. The Morgan fingerprint density at radius 3 is 2.66 bits per heavy atom. The van der Waals surface area contributed by atoms with Crippen LogP contribution in [0.25, 0.3) is 23.2 Å². The molecule has 144 valence electrons. The molecule has 6 nitrogen and oxygen atoms in total. The van der Waals surface area contributed by atoms with Crippen LogP contribution in [0.2, 0.25) is 0 Å². The lowest BCUT2D eigenvalue weighted by Crippen LogP contribution is -2.14. The van der Waals surface area contributed by atoms with E-state index in [-0.39, 0.29) is 11.5 Å². The molecule has 0 radical (unpaired) electrons. The molecule has 2 aromatic carbocycles. The Kier molecular flexibility index (Phi) is 4.99. The Balaban J connectivity index is 1.58. The Hall–Kier alpha value is -4.06. The summed E-state index contributed by atoms with van der Waals surface area (Å²) in [7, 11) is 1.61. The number of benzene rings is 2. The molecule has 0 bridgehead atoms. The molecular weight excluding hydrogens is 368 g/mol. The van der Waals surface area contributed by atoms with Gasteiger partial charge in [-0.25, -0.2) is 4.79 Å². The van der Waals surface area contributed by atoms with E-state index in [1.54, 1.807) is 62.0 Å². The number of nitrogens with one attached hydrogen (secondary N) is 1. The Labute approximate surface area is 166 Å². The third-order valence-corrected chi connectivity index (χ3v) is 4.46. The number of imidazole rings is 1. The van der Waals surface area contributed by atoms with Crippen molar-refractivity contribution in [2.75, 3.05) is 7.11 Å². The van der Waals surface area contributed by atoms with Gasteiger partial charge < -0.3 is 14.1 Å². The van der Waals surface area contributed by atoms with Gasteiger partial charge in [0.15, 0.2) is 11.5 Å². The van der Waals surface area contributed by atoms with Crippen LogP contribution in [0, 0.1) is 0 Å². The van der Waals surface area contributed by atoms with Crippen molar-refractivity contribution in [2.45, 2.75) is 0 Å². The van der Waals surface area contributed by atoms with Crippen molar-refractivity contribution in [3.63, 3.8) is 0 Å². The molecule has 0 fully saturated rings. The van der Waals surface area contributed by atoms with Crippen LogP contribution >= 0.6 is 0 Å². The van der Waals surface area contributed by atoms with Gasteiger partial charge in [-0.2, -0.15) is 0 Å². The normalized spacial score (nSPS) is 11.1. The molecule has 0 saturated carbocycles. The average Bonchev–Trinajstić information content (AvgIpc) is 3.42. The van der Waals surface area contributed by atoms with Gasteiger partial charge in [0, 0.05) is 11.8 Å². The van der Waals surface area contributed by atoms with Crippen LogP contribution in [-0.2, 0) is 0 Å². The first-order chi connectivity index (χ1) is 14.1. The average molecular weight is 386 g/mol. The predicted octanol–water partition coefficient (Wildman–Crippen LogP) is 4.33. The summed E-state index contributed by atoms with van der Waals surface area (Å²) in [6.07, 6.45) is 6.44. The van der Waals surface area contributed by atoms with Crippen LogP contribution in [-0.4, -0.2) is 22.4 Å². The maximum Gasteiger partial charge on any atom is 0.330 e. The Morgan fingerprint density at radius 2 is 1.93 bits per heavy atom. The molecule has 1 N–H and O–H groups in total. The summed E-state index contributed by atoms with van der Waals surface area (Å²) in [5.74, 6) is 1.17. The molecule has 0 aliphatic carbocycles. The lowest BCUT2D eigenvalue weighted by molar-refractivity contribution is 0.104. The zero-order chi connectivity index (χ0) is 20.2. The number of ether oxygens (including phenoxy) is 1. The van der Waals surface area contributed by atoms with Gasteiger partial charge in [0.1, 0.15) is 11.4 Å². The number of methoxy groups -OCH3 is 1. The summed E-state index contributed by atoms with van der Waals surface area (Å²) in [6.45, 7) is 0. The van der Waals surface area contributed by atoms with Gasteiger partial charge in [0.2, 0.25) is 0 Å². The molecule has 0 saturated heterocycles. The Bertz CT molecular complexity index is 1210. The molecule has 0 aliphatic rings. The number of aromatic amines is 1. The van der Waals surface area contributed by atoms with E-state index in [1.807, 2.05) is 24.3 Å². The van der Waals surface area contributed by atoms with Gasteiger partial charge in [-0.1, -0.05) is 30.3 Å². The van der Waals surface area contributed by atoms with Crippen LogP contribution in [0.5, 0.6) is 5.75 Å². The van der Waals surface area contributed by atoms with E-state index >= 15 is 0 Å². The van der Waals surface area contributed by atoms with Crippen molar-refractivity contribution < 1.29 is 13.9 Å². The monoisotopic (exact) mass is 386 g/mol. The SMILES string of the molecule is COc1ccc(/C=C/C(=O)c2cccc(-n3cc(-c4ccco4)[nH]c3=O)c2)cc1. The summed E-state index contributed by atoms with van der Waals surface area (Å²) in [4.78, 5) is 27.7. The van der Waals surface area contributed by atoms with Crippen LogP contribution in [0.15, 0.2) is 88.4 Å². The van der Waals surface area contributed by atoms with E-state index in [4.69, 9.17) is 9.15 Å². The number of carbonyl (C=O) groups excluding carboxylic acids is 1. The van der Waals surface area contributed by atoms with Crippen molar-refractivity contribution in [2.24, 2.45) is 0 Å². The van der Waals surface area contributed by atoms with Gasteiger partial charge in [-0.05, 0) is 48.0 Å². The van der Waals surface area contributed by atoms with E-state index in [2.05, 4.69) is 4.98 Å². The first-order valence-corrected chi connectivity index (χ1v) is 8.96. The number of nitrogens with zero attached hydrogens (tertiary/aromatic N) is 1. The van der Waals surface area contributed by atoms with E-state index in [0.717, 1.165) is 11.3 Å². The van der Waals surface area contributed by atoms with Crippen molar-refractivity contribution in [3.05, 3.63) is 101 Å². The van der Waals surface area contributed by atoms with E-state index in [9.17, 15) is 9.59 Å². The fourth-order valence-corrected chi connectivity index (χ4v) is 2.94. The van der Waals surface area contributed by atoms with Gasteiger partial charge in [-0.15, -0.1) is 0 Å². The summed E-state index contributed by atoms with van der Waals surface area (Å²) in [6, 6.07) is 17.8. The molecule has 0 spiro atoms. The summed E-state index contributed by atoms with van der Waals surface area (Å²) in [5.41, 5.74) is 2.22. The van der Waals surface area contributed by atoms with Crippen LogP contribution in [0.4, 0.5) is 0 Å².